The molecular weight excluding hydrogens is 490 g/mol. The molecular formula is C30H32F2N2O4. The Labute approximate surface area is 220 Å². The van der Waals surface area contributed by atoms with Crippen molar-refractivity contribution in [3.05, 3.63) is 87.3 Å². The fourth-order valence-electron chi connectivity index (χ4n) is 5.33. The predicted molar refractivity (Wildman–Crippen MR) is 141 cm³/mol. The number of hydrogen-bond donors (Lipinski definition) is 1. The highest BCUT2D eigenvalue weighted by molar-refractivity contribution is 5.87. The SMILES string of the molecule is CC(C)Oc1cc(-c2ccc(F)cc2F)c(C2CC2)cc1CN1CCC(n2ccc(C(=O)O)cc2=O)CC1. The second kappa shape index (κ2) is 10.7. The summed E-state index contributed by atoms with van der Waals surface area (Å²) in [5.74, 6) is -1.23. The zero-order valence-corrected chi connectivity index (χ0v) is 21.6. The van der Waals surface area contributed by atoms with Crippen molar-refractivity contribution in [1.29, 1.82) is 0 Å². The highest BCUT2D eigenvalue weighted by Crippen LogP contribution is 2.47. The van der Waals surface area contributed by atoms with E-state index in [0.717, 1.165) is 61.5 Å². The van der Waals surface area contributed by atoms with Gasteiger partial charge in [-0.05, 0) is 86.9 Å². The highest BCUT2D eigenvalue weighted by Gasteiger charge is 2.30. The number of ether oxygens (including phenoxy) is 1. The standard InChI is InChI=1S/C30H32F2N2O4/c1-18(2)38-28-16-26(24-6-5-22(31)15-27(24)32)25(19-3-4-19)13-21(28)17-33-10-8-23(9-11-33)34-12-7-20(30(36)37)14-29(34)35/h5-7,12-16,18-19,23H,3-4,8-11,17H2,1-2H3,(H,36,37). The molecule has 6 nitrogen and oxygen atoms in total. The third kappa shape index (κ3) is 5.65. The zero-order valence-electron chi connectivity index (χ0n) is 21.6. The van der Waals surface area contributed by atoms with Crippen molar-refractivity contribution in [3.63, 3.8) is 0 Å². The van der Waals surface area contributed by atoms with Gasteiger partial charge in [-0.3, -0.25) is 9.69 Å². The fraction of sp³-hybridized carbons (Fsp3) is 0.400. The van der Waals surface area contributed by atoms with E-state index < -0.39 is 17.6 Å². The lowest BCUT2D eigenvalue weighted by Crippen LogP contribution is -2.37. The number of carbonyl (C=O) groups is 1. The highest BCUT2D eigenvalue weighted by atomic mass is 19.1. The van der Waals surface area contributed by atoms with Crippen LogP contribution < -0.4 is 10.3 Å². The van der Waals surface area contributed by atoms with Gasteiger partial charge in [0, 0.05) is 55.1 Å². The number of likely N-dealkylation sites (tertiary alicyclic amines) is 1. The van der Waals surface area contributed by atoms with Gasteiger partial charge in [-0.25, -0.2) is 13.6 Å². The molecule has 1 saturated carbocycles. The summed E-state index contributed by atoms with van der Waals surface area (Å²) in [7, 11) is 0. The van der Waals surface area contributed by atoms with Gasteiger partial charge in [-0.15, -0.1) is 0 Å². The van der Waals surface area contributed by atoms with E-state index in [1.165, 1.54) is 24.3 Å². The summed E-state index contributed by atoms with van der Waals surface area (Å²) in [6, 6.07) is 10.4. The van der Waals surface area contributed by atoms with Crippen molar-refractivity contribution in [1.82, 2.24) is 9.47 Å². The smallest absolute Gasteiger partial charge is 0.335 e. The lowest BCUT2D eigenvalue weighted by Gasteiger charge is -2.33. The molecule has 0 spiro atoms. The summed E-state index contributed by atoms with van der Waals surface area (Å²) in [6.45, 7) is 6.11. The van der Waals surface area contributed by atoms with Gasteiger partial charge in [0.1, 0.15) is 17.4 Å². The first kappa shape index (κ1) is 26.1. The molecule has 3 aromatic rings. The number of halogens is 2. The van der Waals surface area contributed by atoms with Crippen molar-refractivity contribution in [2.75, 3.05) is 13.1 Å². The lowest BCUT2D eigenvalue weighted by atomic mass is 9.93. The number of piperidine rings is 1. The number of aromatic nitrogens is 1. The zero-order chi connectivity index (χ0) is 27.0. The Morgan fingerprint density at radius 1 is 1.03 bits per heavy atom. The molecule has 0 radical (unpaired) electrons. The molecule has 0 amide bonds. The third-order valence-corrected chi connectivity index (χ3v) is 7.37. The molecule has 5 rings (SSSR count). The minimum atomic E-state index is -1.11. The van der Waals surface area contributed by atoms with E-state index in [0.29, 0.717) is 23.8 Å². The Balaban J connectivity index is 1.38. The van der Waals surface area contributed by atoms with Crippen LogP contribution in [0.5, 0.6) is 5.75 Å². The topological polar surface area (TPSA) is 71.8 Å². The van der Waals surface area contributed by atoms with Crippen LogP contribution in [0.25, 0.3) is 11.1 Å². The number of benzene rings is 2. The van der Waals surface area contributed by atoms with Crippen LogP contribution in [0.15, 0.2) is 53.5 Å². The fourth-order valence-corrected chi connectivity index (χ4v) is 5.33. The van der Waals surface area contributed by atoms with E-state index >= 15 is 0 Å². The number of carboxylic acid groups (broad SMARTS) is 1. The van der Waals surface area contributed by atoms with Gasteiger partial charge in [-0.1, -0.05) is 0 Å². The maximum Gasteiger partial charge on any atom is 0.335 e. The number of aromatic carboxylic acids is 1. The molecule has 1 aromatic heterocycles. The van der Waals surface area contributed by atoms with Crippen LogP contribution in [0, 0.1) is 11.6 Å². The number of hydrogen-bond acceptors (Lipinski definition) is 4. The largest absolute Gasteiger partial charge is 0.491 e. The molecule has 1 N–H and O–H groups in total. The van der Waals surface area contributed by atoms with Crippen LogP contribution in [0.3, 0.4) is 0 Å². The van der Waals surface area contributed by atoms with Crippen molar-refractivity contribution in [3.8, 4) is 16.9 Å². The Kier molecular flexibility index (Phi) is 7.34. The van der Waals surface area contributed by atoms with Gasteiger partial charge in [0.05, 0.1) is 11.7 Å². The van der Waals surface area contributed by atoms with Crippen molar-refractivity contribution in [2.24, 2.45) is 0 Å². The number of rotatable bonds is 8. The molecule has 2 aliphatic rings. The second-order valence-corrected chi connectivity index (χ2v) is 10.6. The molecule has 38 heavy (non-hydrogen) atoms. The van der Waals surface area contributed by atoms with Gasteiger partial charge in [0.25, 0.3) is 5.56 Å². The molecule has 0 unspecified atom stereocenters. The molecule has 1 aliphatic heterocycles. The summed E-state index contributed by atoms with van der Waals surface area (Å²) in [4.78, 5) is 26.0. The Bertz CT molecular complexity index is 1410. The van der Waals surface area contributed by atoms with E-state index in [-0.39, 0.29) is 23.3 Å². The van der Waals surface area contributed by atoms with Gasteiger partial charge >= 0.3 is 5.97 Å². The van der Waals surface area contributed by atoms with E-state index in [1.807, 2.05) is 19.9 Å². The summed E-state index contributed by atoms with van der Waals surface area (Å²) in [6.07, 6.45) is 5.12. The van der Waals surface area contributed by atoms with Crippen molar-refractivity contribution >= 4 is 5.97 Å². The first-order chi connectivity index (χ1) is 18.2. The van der Waals surface area contributed by atoms with E-state index in [1.54, 1.807) is 10.8 Å². The maximum absolute atomic E-state index is 14.8. The predicted octanol–water partition coefficient (Wildman–Crippen LogP) is 5.99. The second-order valence-electron chi connectivity index (χ2n) is 10.6. The maximum atomic E-state index is 14.8. The molecule has 2 fully saturated rings. The van der Waals surface area contributed by atoms with Crippen LogP contribution >= 0.6 is 0 Å². The average Bonchev–Trinajstić information content (AvgIpc) is 3.71. The molecule has 2 heterocycles. The summed E-state index contributed by atoms with van der Waals surface area (Å²) in [5.41, 5.74) is 2.95. The number of nitrogens with zero attached hydrogens (tertiary/aromatic N) is 2. The summed E-state index contributed by atoms with van der Waals surface area (Å²) in [5, 5.41) is 9.13. The molecule has 2 aromatic carbocycles. The normalized spacial score (nSPS) is 16.7. The average molecular weight is 523 g/mol. The number of pyridine rings is 1. The first-order valence-electron chi connectivity index (χ1n) is 13.2. The van der Waals surface area contributed by atoms with Crippen molar-refractivity contribution in [2.45, 2.75) is 64.1 Å². The molecule has 0 atom stereocenters. The quantitative estimate of drug-likeness (QED) is 0.393. The summed E-state index contributed by atoms with van der Waals surface area (Å²) < 4.78 is 36.2. The minimum absolute atomic E-state index is 0.00296. The third-order valence-electron chi connectivity index (χ3n) is 7.37. The van der Waals surface area contributed by atoms with E-state index in [2.05, 4.69) is 11.0 Å². The van der Waals surface area contributed by atoms with Crippen molar-refractivity contribution < 1.29 is 23.4 Å². The van der Waals surface area contributed by atoms with Crippen LogP contribution in [0.1, 0.15) is 73.0 Å². The Morgan fingerprint density at radius 2 is 1.76 bits per heavy atom. The van der Waals surface area contributed by atoms with Gasteiger partial charge < -0.3 is 14.4 Å². The molecule has 1 aliphatic carbocycles. The minimum Gasteiger partial charge on any atom is -0.491 e. The van der Waals surface area contributed by atoms with Crippen LogP contribution in [-0.4, -0.2) is 39.7 Å². The van der Waals surface area contributed by atoms with Crippen LogP contribution in [0.4, 0.5) is 8.78 Å². The summed E-state index contributed by atoms with van der Waals surface area (Å²) >= 11 is 0. The number of carboxylic acids is 1. The molecule has 200 valence electrons. The molecule has 1 saturated heterocycles. The van der Waals surface area contributed by atoms with Crippen LogP contribution in [0.2, 0.25) is 0 Å². The van der Waals surface area contributed by atoms with E-state index in [4.69, 9.17) is 9.84 Å². The monoisotopic (exact) mass is 522 g/mol. The van der Waals surface area contributed by atoms with Crippen LogP contribution in [-0.2, 0) is 6.54 Å². The first-order valence-corrected chi connectivity index (χ1v) is 13.2. The van der Waals surface area contributed by atoms with Gasteiger partial charge in [-0.2, -0.15) is 0 Å². The van der Waals surface area contributed by atoms with E-state index in [9.17, 15) is 18.4 Å². The molecule has 0 bridgehead atoms. The Hall–Kier alpha value is -3.52. The van der Waals surface area contributed by atoms with Gasteiger partial charge in [0.15, 0.2) is 0 Å². The lowest BCUT2D eigenvalue weighted by molar-refractivity contribution is 0.0696. The Morgan fingerprint density at radius 3 is 2.37 bits per heavy atom. The van der Waals surface area contributed by atoms with Gasteiger partial charge in [0.2, 0.25) is 0 Å². The molecule has 8 heteroatoms.